The summed E-state index contributed by atoms with van der Waals surface area (Å²) in [6.07, 6.45) is 2.32. The van der Waals surface area contributed by atoms with Crippen LogP contribution in [0.5, 0.6) is 0 Å². The van der Waals surface area contributed by atoms with E-state index < -0.39 is 0 Å². The Labute approximate surface area is 103 Å². The van der Waals surface area contributed by atoms with Gasteiger partial charge in [-0.3, -0.25) is 0 Å². The van der Waals surface area contributed by atoms with Crippen molar-refractivity contribution in [2.24, 2.45) is 5.92 Å². The van der Waals surface area contributed by atoms with Gasteiger partial charge in [-0.2, -0.15) is 0 Å². The summed E-state index contributed by atoms with van der Waals surface area (Å²) in [6, 6.07) is 10.6. The maximum Gasteiger partial charge on any atom is 0.134 e. The molecule has 0 spiro atoms. The van der Waals surface area contributed by atoms with Gasteiger partial charge in [-0.25, -0.2) is 0 Å². The number of fused-ring (bicyclic) bond motifs is 1. The van der Waals surface area contributed by atoms with Gasteiger partial charge in [0.2, 0.25) is 0 Å². The summed E-state index contributed by atoms with van der Waals surface area (Å²) in [5.74, 6) is 1.76. The Bertz CT molecular complexity index is 441. The molecule has 0 radical (unpaired) electrons. The Hall–Kier alpha value is -1.28. The fourth-order valence-corrected chi connectivity index (χ4v) is 2.12. The molecule has 17 heavy (non-hydrogen) atoms. The van der Waals surface area contributed by atoms with Gasteiger partial charge in [0.25, 0.3) is 0 Å². The molecule has 2 aromatic rings. The lowest BCUT2D eigenvalue weighted by Gasteiger charge is -2.17. The largest absolute Gasteiger partial charge is 0.459 e. The van der Waals surface area contributed by atoms with Crippen LogP contribution in [0.15, 0.2) is 34.7 Å². The van der Waals surface area contributed by atoms with Crippen molar-refractivity contribution < 1.29 is 4.42 Å². The highest BCUT2D eigenvalue weighted by Crippen LogP contribution is 2.28. The van der Waals surface area contributed by atoms with E-state index in [1.807, 2.05) is 25.2 Å². The van der Waals surface area contributed by atoms with Crippen LogP contribution in [0.1, 0.15) is 38.5 Å². The zero-order chi connectivity index (χ0) is 12.3. The van der Waals surface area contributed by atoms with Gasteiger partial charge >= 0.3 is 0 Å². The normalized spacial score (nSPS) is 15.0. The highest BCUT2D eigenvalue weighted by atomic mass is 16.3. The van der Waals surface area contributed by atoms with Crippen LogP contribution < -0.4 is 5.32 Å². The minimum Gasteiger partial charge on any atom is -0.459 e. The first-order chi connectivity index (χ1) is 8.24. The fraction of sp³-hybridized carbons (Fsp3) is 0.467. The third-order valence-electron chi connectivity index (χ3n) is 3.47. The molecule has 92 valence electrons. The zero-order valence-corrected chi connectivity index (χ0v) is 10.9. The van der Waals surface area contributed by atoms with Crippen molar-refractivity contribution in [1.29, 1.82) is 0 Å². The van der Waals surface area contributed by atoms with Crippen LogP contribution in [0.3, 0.4) is 0 Å². The van der Waals surface area contributed by atoms with Crippen LogP contribution in [-0.2, 0) is 0 Å². The lowest BCUT2D eigenvalue weighted by molar-refractivity contribution is 0.371. The van der Waals surface area contributed by atoms with E-state index >= 15 is 0 Å². The van der Waals surface area contributed by atoms with Crippen molar-refractivity contribution >= 4 is 11.0 Å². The molecule has 2 heteroatoms. The van der Waals surface area contributed by atoms with E-state index in [2.05, 4.69) is 31.3 Å². The van der Waals surface area contributed by atoms with Crippen LogP contribution in [0.4, 0.5) is 0 Å². The summed E-state index contributed by atoms with van der Waals surface area (Å²) >= 11 is 0. The topological polar surface area (TPSA) is 25.2 Å². The number of para-hydroxylation sites is 1. The first-order valence-corrected chi connectivity index (χ1v) is 6.40. The lowest BCUT2D eigenvalue weighted by atomic mass is 9.98. The van der Waals surface area contributed by atoms with Crippen LogP contribution in [-0.4, -0.2) is 7.05 Å². The van der Waals surface area contributed by atoms with Gasteiger partial charge in [0, 0.05) is 5.39 Å². The molecule has 1 N–H and O–H groups in total. The van der Waals surface area contributed by atoms with Gasteiger partial charge in [-0.05, 0) is 31.5 Å². The lowest BCUT2D eigenvalue weighted by Crippen LogP contribution is -2.18. The average Bonchev–Trinajstić information content (AvgIpc) is 2.78. The van der Waals surface area contributed by atoms with E-state index in [1.54, 1.807) is 0 Å². The number of benzene rings is 1. The number of furan rings is 1. The van der Waals surface area contributed by atoms with Gasteiger partial charge in [-0.15, -0.1) is 0 Å². The van der Waals surface area contributed by atoms with Gasteiger partial charge in [0.15, 0.2) is 0 Å². The first-order valence-electron chi connectivity index (χ1n) is 6.40. The standard InChI is InChI=1S/C15H21NO/c1-4-11(2)9-13(16-3)15-10-12-7-5-6-8-14(12)17-15/h5-8,10-11,13,16H,4,9H2,1-3H3. The Morgan fingerprint density at radius 2 is 2.06 bits per heavy atom. The monoisotopic (exact) mass is 231 g/mol. The molecule has 0 amide bonds. The number of hydrogen-bond acceptors (Lipinski definition) is 2. The van der Waals surface area contributed by atoms with Crippen molar-refractivity contribution in [3.8, 4) is 0 Å². The molecule has 1 aromatic carbocycles. The molecule has 1 aromatic heterocycles. The van der Waals surface area contributed by atoms with E-state index in [9.17, 15) is 0 Å². The fourth-order valence-electron chi connectivity index (χ4n) is 2.12. The average molecular weight is 231 g/mol. The number of rotatable bonds is 5. The van der Waals surface area contributed by atoms with Crippen molar-refractivity contribution in [2.45, 2.75) is 32.7 Å². The van der Waals surface area contributed by atoms with Crippen molar-refractivity contribution in [2.75, 3.05) is 7.05 Å². The molecule has 1 heterocycles. The number of nitrogens with one attached hydrogen (secondary N) is 1. The summed E-state index contributed by atoms with van der Waals surface area (Å²) < 4.78 is 5.90. The van der Waals surface area contributed by atoms with Crippen molar-refractivity contribution in [3.05, 3.63) is 36.1 Å². The van der Waals surface area contributed by atoms with E-state index in [1.165, 1.54) is 11.8 Å². The summed E-state index contributed by atoms with van der Waals surface area (Å²) in [7, 11) is 2.00. The second-order valence-electron chi connectivity index (χ2n) is 4.78. The summed E-state index contributed by atoms with van der Waals surface area (Å²) in [4.78, 5) is 0. The molecule has 2 nitrogen and oxygen atoms in total. The molecule has 2 atom stereocenters. The van der Waals surface area contributed by atoms with Gasteiger partial charge in [0.1, 0.15) is 11.3 Å². The highest BCUT2D eigenvalue weighted by Gasteiger charge is 2.16. The maximum atomic E-state index is 5.90. The van der Waals surface area contributed by atoms with Crippen LogP contribution in [0.25, 0.3) is 11.0 Å². The van der Waals surface area contributed by atoms with Gasteiger partial charge in [0.05, 0.1) is 6.04 Å². The third kappa shape index (κ3) is 2.70. The molecule has 0 aliphatic rings. The minimum atomic E-state index is 0.317. The van der Waals surface area contributed by atoms with Crippen molar-refractivity contribution in [1.82, 2.24) is 5.32 Å². The third-order valence-corrected chi connectivity index (χ3v) is 3.47. The van der Waals surface area contributed by atoms with E-state index in [0.717, 1.165) is 17.8 Å². The molecule has 2 unspecified atom stereocenters. The molecule has 0 aliphatic carbocycles. The molecule has 0 saturated carbocycles. The Morgan fingerprint density at radius 3 is 2.71 bits per heavy atom. The summed E-state index contributed by atoms with van der Waals surface area (Å²) in [5.41, 5.74) is 0.979. The SMILES string of the molecule is CCC(C)CC(NC)c1cc2ccccc2o1. The smallest absolute Gasteiger partial charge is 0.134 e. The van der Waals surface area contributed by atoms with Crippen molar-refractivity contribution in [3.63, 3.8) is 0 Å². The number of hydrogen-bond donors (Lipinski definition) is 1. The van der Waals surface area contributed by atoms with E-state index in [-0.39, 0.29) is 0 Å². The summed E-state index contributed by atoms with van der Waals surface area (Å²) in [6.45, 7) is 4.52. The Kier molecular flexibility index (Phi) is 3.85. The van der Waals surface area contributed by atoms with Crippen LogP contribution in [0.2, 0.25) is 0 Å². The first kappa shape index (κ1) is 12.2. The molecule has 0 bridgehead atoms. The second-order valence-corrected chi connectivity index (χ2v) is 4.78. The van der Waals surface area contributed by atoms with Crippen LogP contribution in [0, 0.1) is 5.92 Å². The molecule has 0 fully saturated rings. The molecular weight excluding hydrogens is 210 g/mol. The van der Waals surface area contributed by atoms with Gasteiger partial charge < -0.3 is 9.73 Å². The molecular formula is C15H21NO. The predicted molar refractivity (Wildman–Crippen MR) is 72.1 cm³/mol. The Morgan fingerprint density at radius 1 is 1.29 bits per heavy atom. The predicted octanol–water partition coefficient (Wildman–Crippen LogP) is 4.13. The van der Waals surface area contributed by atoms with Gasteiger partial charge in [-0.1, -0.05) is 38.5 Å². The van der Waals surface area contributed by atoms with E-state index in [4.69, 9.17) is 4.42 Å². The molecule has 0 aliphatic heterocycles. The van der Waals surface area contributed by atoms with E-state index in [0.29, 0.717) is 12.0 Å². The zero-order valence-electron chi connectivity index (χ0n) is 10.9. The minimum absolute atomic E-state index is 0.317. The highest BCUT2D eigenvalue weighted by molar-refractivity contribution is 5.77. The Balaban J connectivity index is 2.24. The molecule has 2 rings (SSSR count). The quantitative estimate of drug-likeness (QED) is 0.837. The molecule has 0 saturated heterocycles. The van der Waals surface area contributed by atoms with Crippen LogP contribution >= 0.6 is 0 Å². The summed E-state index contributed by atoms with van der Waals surface area (Å²) in [5, 5.41) is 4.54. The maximum absolute atomic E-state index is 5.90. The second kappa shape index (κ2) is 5.37.